The smallest absolute Gasteiger partial charge is 0.0738 e. The van der Waals surface area contributed by atoms with Gasteiger partial charge in [-0.3, -0.25) is 4.68 Å². The van der Waals surface area contributed by atoms with Crippen molar-refractivity contribution in [1.29, 1.82) is 0 Å². The van der Waals surface area contributed by atoms with Crippen LogP contribution in [0.1, 0.15) is 25.2 Å². The number of nitrogens with one attached hydrogen (secondary N) is 1. The molecule has 1 heterocycles. The van der Waals surface area contributed by atoms with E-state index in [2.05, 4.69) is 40.2 Å². The first-order chi connectivity index (χ1) is 7.95. The molecule has 0 radical (unpaired) electrons. The van der Waals surface area contributed by atoms with Gasteiger partial charge in [0.25, 0.3) is 0 Å². The summed E-state index contributed by atoms with van der Waals surface area (Å²) in [5, 5.41) is 8.50. The highest BCUT2D eigenvalue weighted by molar-refractivity contribution is 9.10. The van der Waals surface area contributed by atoms with Crippen molar-refractivity contribution in [2.24, 2.45) is 7.05 Å². The fourth-order valence-corrected chi connectivity index (χ4v) is 3.09. The Morgan fingerprint density at radius 3 is 2.53 bits per heavy atom. The van der Waals surface area contributed by atoms with E-state index >= 15 is 0 Å². The average molecular weight is 320 g/mol. The van der Waals surface area contributed by atoms with Crippen LogP contribution in [0.25, 0.3) is 0 Å². The third-order valence-corrected chi connectivity index (χ3v) is 5.03. The molecule has 0 aromatic carbocycles. The summed E-state index contributed by atoms with van der Waals surface area (Å²) in [5.41, 5.74) is 2.33. The highest BCUT2D eigenvalue weighted by Gasteiger charge is 2.16. The molecule has 3 nitrogen and oxygen atoms in total. The summed E-state index contributed by atoms with van der Waals surface area (Å²) in [6, 6.07) is 0.494. The Bertz CT molecular complexity index is 363. The second kappa shape index (κ2) is 6.81. The summed E-state index contributed by atoms with van der Waals surface area (Å²) in [6.07, 6.45) is 1.01. The van der Waals surface area contributed by atoms with Gasteiger partial charge in [0.1, 0.15) is 0 Å². The predicted molar refractivity (Wildman–Crippen MR) is 79.8 cm³/mol. The van der Waals surface area contributed by atoms with E-state index in [1.165, 1.54) is 5.69 Å². The molecule has 1 unspecified atom stereocenters. The molecule has 1 aromatic rings. The molecular weight excluding hydrogens is 298 g/mol. The largest absolute Gasteiger partial charge is 0.316 e. The minimum atomic E-state index is 0.494. The van der Waals surface area contributed by atoms with Crippen LogP contribution in [0.3, 0.4) is 0 Å². The molecule has 1 N–H and O–H groups in total. The van der Waals surface area contributed by atoms with E-state index in [0.717, 1.165) is 22.3 Å². The van der Waals surface area contributed by atoms with E-state index in [0.29, 0.717) is 11.3 Å². The van der Waals surface area contributed by atoms with Gasteiger partial charge in [0.05, 0.1) is 15.9 Å². The predicted octanol–water partition coefficient (Wildman–Crippen LogP) is 2.76. The van der Waals surface area contributed by atoms with Gasteiger partial charge >= 0.3 is 0 Å². The van der Waals surface area contributed by atoms with Crippen LogP contribution in [0.2, 0.25) is 0 Å². The molecule has 1 rings (SSSR count). The van der Waals surface area contributed by atoms with E-state index in [9.17, 15) is 0 Å². The van der Waals surface area contributed by atoms with Gasteiger partial charge in [0.2, 0.25) is 0 Å². The topological polar surface area (TPSA) is 29.9 Å². The van der Waals surface area contributed by atoms with Crippen molar-refractivity contribution < 1.29 is 0 Å². The fraction of sp³-hybridized carbons (Fsp3) is 0.750. The Balaban J connectivity index is 2.67. The number of hydrogen-bond donors (Lipinski definition) is 1. The number of nitrogens with zero attached hydrogens (tertiary/aromatic N) is 2. The lowest BCUT2D eigenvalue weighted by molar-refractivity contribution is 0.580. The van der Waals surface area contributed by atoms with Crippen LogP contribution in [-0.4, -0.2) is 33.9 Å². The van der Waals surface area contributed by atoms with Crippen LogP contribution in [-0.2, 0) is 13.5 Å². The quantitative estimate of drug-likeness (QED) is 0.874. The number of thioether (sulfide) groups is 1. The van der Waals surface area contributed by atoms with Crippen molar-refractivity contribution in [1.82, 2.24) is 15.1 Å². The molecule has 0 fully saturated rings. The van der Waals surface area contributed by atoms with E-state index in [1.54, 1.807) is 0 Å². The van der Waals surface area contributed by atoms with Gasteiger partial charge in [-0.2, -0.15) is 16.9 Å². The fourth-order valence-electron chi connectivity index (χ4n) is 1.69. The van der Waals surface area contributed by atoms with Gasteiger partial charge in [-0.15, -0.1) is 0 Å². The highest BCUT2D eigenvalue weighted by Crippen LogP contribution is 2.22. The van der Waals surface area contributed by atoms with Gasteiger partial charge in [-0.25, -0.2) is 0 Å². The summed E-state index contributed by atoms with van der Waals surface area (Å²) in [4.78, 5) is 0. The lowest BCUT2D eigenvalue weighted by atomic mass is 10.2. The van der Waals surface area contributed by atoms with Gasteiger partial charge in [0, 0.05) is 25.3 Å². The maximum absolute atomic E-state index is 4.43. The zero-order valence-corrected chi connectivity index (χ0v) is 13.7. The molecule has 0 spiro atoms. The Labute approximate surface area is 117 Å². The third-order valence-electron chi connectivity index (χ3n) is 2.74. The number of halogens is 1. The van der Waals surface area contributed by atoms with Crippen molar-refractivity contribution in [3.63, 3.8) is 0 Å². The van der Waals surface area contributed by atoms with Crippen molar-refractivity contribution in [3.05, 3.63) is 15.9 Å². The van der Waals surface area contributed by atoms with Crippen LogP contribution < -0.4 is 5.32 Å². The normalized spacial score (nSPS) is 13.4. The molecule has 0 bridgehead atoms. The van der Waals surface area contributed by atoms with E-state index in [1.807, 2.05) is 37.5 Å². The lowest BCUT2D eigenvalue weighted by Gasteiger charge is -2.17. The summed E-state index contributed by atoms with van der Waals surface area (Å²) in [7, 11) is 4.04. The van der Waals surface area contributed by atoms with Crippen LogP contribution >= 0.6 is 27.7 Å². The van der Waals surface area contributed by atoms with Gasteiger partial charge in [-0.05, 0) is 35.2 Å². The summed E-state index contributed by atoms with van der Waals surface area (Å²) in [5.74, 6) is 1.13. The molecule has 1 aromatic heterocycles. The number of aryl methyl sites for hydroxylation is 2. The van der Waals surface area contributed by atoms with E-state index in [4.69, 9.17) is 0 Å². The van der Waals surface area contributed by atoms with Gasteiger partial charge in [-0.1, -0.05) is 13.8 Å². The van der Waals surface area contributed by atoms with Gasteiger partial charge in [0.15, 0.2) is 0 Å². The van der Waals surface area contributed by atoms with Crippen molar-refractivity contribution >= 4 is 27.7 Å². The first kappa shape index (κ1) is 15.1. The minimum Gasteiger partial charge on any atom is -0.316 e. The van der Waals surface area contributed by atoms with E-state index < -0.39 is 0 Å². The van der Waals surface area contributed by atoms with Gasteiger partial charge < -0.3 is 5.32 Å². The SMILES string of the molecule is CNC(CSC(C)C)Cc1c(Br)c(C)nn1C. The first-order valence-corrected chi connectivity index (χ1v) is 7.76. The maximum Gasteiger partial charge on any atom is 0.0738 e. The number of aromatic nitrogens is 2. The minimum absolute atomic E-state index is 0.494. The second-order valence-electron chi connectivity index (χ2n) is 4.54. The summed E-state index contributed by atoms with van der Waals surface area (Å²) >= 11 is 5.62. The van der Waals surface area contributed by atoms with Crippen LogP contribution in [0.5, 0.6) is 0 Å². The highest BCUT2D eigenvalue weighted by atomic mass is 79.9. The molecule has 5 heteroatoms. The first-order valence-electron chi connectivity index (χ1n) is 5.92. The van der Waals surface area contributed by atoms with Crippen LogP contribution in [0.15, 0.2) is 4.47 Å². The standard InChI is InChI=1S/C12H22BrN3S/c1-8(2)17-7-10(14-4)6-11-12(13)9(3)15-16(11)5/h8,10,14H,6-7H2,1-5H3. The Hall–Kier alpha value is 0. The molecule has 0 amide bonds. The molecule has 0 saturated heterocycles. The number of rotatable bonds is 6. The third kappa shape index (κ3) is 4.30. The maximum atomic E-state index is 4.43. The molecule has 0 aliphatic rings. The molecule has 0 aliphatic heterocycles. The number of likely N-dealkylation sites (N-methyl/N-ethyl adjacent to an activating group) is 1. The Morgan fingerprint density at radius 2 is 2.12 bits per heavy atom. The summed E-state index contributed by atoms with van der Waals surface area (Å²) in [6.45, 7) is 6.51. The number of hydrogen-bond acceptors (Lipinski definition) is 3. The molecule has 17 heavy (non-hydrogen) atoms. The summed E-state index contributed by atoms with van der Waals surface area (Å²) < 4.78 is 3.12. The lowest BCUT2D eigenvalue weighted by Crippen LogP contribution is -2.31. The Kier molecular flexibility index (Phi) is 6.03. The molecule has 1 atom stereocenters. The van der Waals surface area contributed by atoms with E-state index in [-0.39, 0.29) is 0 Å². The molecule has 0 saturated carbocycles. The monoisotopic (exact) mass is 319 g/mol. The zero-order chi connectivity index (χ0) is 13.0. The van der Waals surface area contributed by atoms with Crippen LogP contribution in [0.4, 0.5) is 0 Å². The zero-order valence-electron chi connectivity index (χ0n) is 11.2. The van der Waals surface area contributed by atoms with Crippen LogP contribution in [0, 0.1) is 6.92 Å². The van der Waals surface area contributed by atoms with Crippen molar-refractivity contribution in [2.75, 3.05) is 12.8 Å². The molecule has 0 aliphatic carbocycles. The molecular formula is C12H22BrN3S. The van der Waals surface area contributed by atoms with Crippen molar-refractivity contribution in [2.45, 2.75) is 38.5 Å². The Morgan fingerprint density at radius 1 is 1.47 bits per heavy atom. The van der Waals surface area contributed by atoms with Crippen molar-refractivity contribution in [3.8, 4) is 0 Å². The molecule has 98 valence electrons. The second-order valence-corrected chi connectivity index (χ2v) is 6.94. The average Bonchev–Trinajstić information content (AvgIpc) is 2.49.